The number of amides is 1. The Morgan fingerprint density at radius 3 is 2.10 bits per heavy atom. The molecule has 152 valence electrons. The normalized spacial score (nSPS) is 13.7. The zero-order valence-electron chi connectivity index (χ0n) is 16.4. The number of nitrogens with zero attached hydrogens (tertiary/aromatic N) is 3. The van der Waals surface area contributed by atoms with E-state index in [0.717, 1.165) is 11.4 Å². The molecule has 3 aromatic carbocycles. The molecule has 1 N–H and O–H groups in total. The molecule has 0 aromatic heterocycles. The topological polar surface area (TPSA) is 78.7 Å². The number of hydrogen-bond donors (Lipinski definition) is 1. The lowest BCUT2D eigenvalue weighted by Crippen LogP contribution is -2.48. The molecule has 0 spiro atoms. The van der Waals surface area contributed by atoms with E-state index in [0.29, 0.717) is 31.9 Å². The number of carbonyl (C=O) groups excluding carboxylic acids is 1. The van der Waals surface area contributed by atoms with Gasteiger partial charge >= 0.3 is 0 Å². The van der Waals surface area contributed by atoms with Crippen molar-refractivity contribution in [1.82, 2.24) is 4.90 Å². The quantitative estimate of drug-likeness (QED) is 0.508. The van der Waals surface area contributed by atoms with E-state index in [2.05, 4.69) is 10.2 Å². The van der Waals surface area contributed by atoms with Gasteiger partial charge < -0.3 is 15.1 Å². The number of nitrogens with one attached hydrogen (secondary N) is 1. The molecule has 7 nitrogen and oxygen atoms in total. The first-order valence-electron chi connectivity index (χ1n) is 9.81. The molecule has 0 atom stereocenters. The fourth-order valence-electron chi connectivity index (χ4n) is 3.61. The Morgan fingerprint density at radius 1 is 0.833 bits per heavy atom. The number of piperazine rings is 1. The van der Waals surface area contributed by atoms with E-state index >= 15 is 0 Å². The van der Waals surface area contributed by atoms with Crippen molar-refractivity contribution in [3.8, 4) is 0 Å². The van der Waals surface area contributed by atoms with E-state index in [9.17, 15) is 14.9 Å². The van der Waals surface area contributed by atoms with Crippen LogP contribution in [0.3, 0.4) is 0 Å². The van der Waals surface area contributed by atoms with Crippen molar-refractivity contribution in [3.63, 3.8) is 0 Å². The van der Waals surface area contributed by atoms with E-state index in [4.69, 9.17) is 0 Å². The fraction of sp³-hybridized carbons (Fsp3) is 0.174. The van der Waals surface area contributed by atoms with Gasteiger partial charge in [-0.2, -0.15) is 0 Å². The van der Waals surface area contributed by atoms with Gasteiger partial charge in [-0.15, -0.1) is 0 Å². The minimum absolute atomic E-state index is 0.117. The lowest BCUT2D eigenvalue weighted by atomic mass is 10.1. The Balaban J connectivity index is 1.49. The van der Waals surface area contributed by atoms with E-state index in [1.54, 1.807) is 11.0 Å². The summed E-state index contributed by atoms with van der Waals surface area (Å²) in [5.74, 6) is -0.305. The predicted octanol–water partition coefficient (Wildman–Crippen LogP) is 4.30. The summed E-state index contributed by atoms with van der Waals surface area (Å²) < 4.78 is 0. The number of hydrogen-bond acceptors (Lipinski definition) is 5. The molecule has 1 fully saturated rings. The van der Waals surface area contributed by atoms with Crippen LogP contribution in [0.4, 0.5) is 22.7 Å². The van der Waals surface area contributed by atoms with Crippen LogP contribution in [-0.2, 0) is 0 Å². The van der Waals surface area contributed by atoms with Gasteiger partial charge in [0.25, 0.3) is 11.6 Å². The summed E-state index contributed by atoms with van der Waals surface area (Å²) in [4.78, 5) is 28.1. The molecule has 4 rings (SSSR count). The van der Waals surface area contributed by atoms with Gasteiger partial charge in [0.1, 0.15) is 5.56 Å². The number of nitro benzene ring substituents is 1. The molecule has 0 bridgehead atoms. The van der Waals surface area contributed by atoms with Crippen molar-refractivity contribution in [2.75, 3.05) is 36.4 Å². The van der Waals surface area contributed by atoms with E-state index in [-0.39, 0.29) is 17.2 Å². The number of nitro groups is 1. The molecule has 0 radical (unpaired) electrons. The van der Waals surface area contributed by atoms with Gasteiger partial charge in [0.05, 0.1) is 4.92 Å². The molecule has 1 amide bonds. The SMILES string of the molecule is O=C(c1ccc(Nc2ccccc2)cc1[N+](=O)[O-])N1CCN(c2ccccc2)CC1. The maximum Gasteiger partial charge on any atom is 0.284 e. The molecule has 0 saturated carbocycles. The van der Waals surface area contributed by atoms with Gasteiger partial charge in [0, 0.05) is 49.3 Å². The summed E-state index contributed by atoms with van der Waals surface area (Å²) in [6.07, 6.45) is 0. The highest BCUT2D eigenvalue weighted by Gasteiger charge is 2.28. The standard InChI is InChI=1S/C23H22N4O3/c28-23(26-15-13-25(14-16-26)20-9-5-2-6-10-20)21-12-11-19(17-22(21)27(29)30)24-18-7-3-1-4-8-18/h1-12,17,24H,13-16H2. The van der Waals surface area contributed by atoms with Crippen LogP contribution in [0, 0.1) is 10.1 Å². The summed E-state index contributed by atoms with van der Waals surface area (Å²) in [6.45, 7) is 2.43. The van der Waals surface area contributed by atoms with Crippen LogP contribution in [0.15, 0.2) is 78.9 Å². The monoisotopic (exact) mass is 402 g/mol. The largest absolute Gasteiger partial charge is 0.368 e. The fourth-order valence-corrected chi connectivity index (χ4v) is 3.61. The van der Waals surface area contributed by atoms with Crippen molar-refractivity contribution in [2.24, 2.45) is 0 Å². The van der Waals surface area contributed by atoms with E-state index in [1.807, 2.05) is 60.7 Å². The molecule has 1 aliphatic rings. The molecule has 0 unspecified atom stereocenters. The Morgan fingerprint density at radius 2 is 1.47 bits per heavy atom. The first kappa shape index (κ1) is 19.4. The van der Waals surface area contributed by atoms with Crippen molar-refractivity contribution in [1.29, 1.82) is 0 Å². The lowest BCUT2D eigenvalue weighted by Gasteiger charge is -2.36. The van der Waals surface area contributed by atoms with Crippen molar-refractivity contribution in [3.05, 3.63) is 94.5 Å². The highest BCUT2D eigenvalue weighted by Crippen LogP contribution is 2.27. The molecule has 1 aliphatic heterocycles. The predicted molar refractivity (Wildman–Crippen MR) is 117 cm³/mol. The average Bonchev–Trinajstić information content (AvgIpc) is 2.80. The summed E-state index contributed by atoms with van der Waals surface area (Å²) in [5.41, 5.74) is 2.44. The highest BCUT2D eigenvalue weighted by molar-refractivity contribution is 5.99. The molecule has 0 aliphatic carbocycles. The first-order chi connectivity index (χ1) is 14.6. The third-order valence-electron chi connectivity index (χ3n) is 5.18. The summed E-state index contributed by atoms with van der Waals surface area (Å²) in [7, 11) is 0. The van der Waals surface area contributed by atoms with Gasteiger partial charge in [0.15, 0.2) is 0 Å². The smallest absolute Gasteiger partial charge is 0.284 e. The molecular formula is C23H22N4O3. The van der Waals surface area contributed by atoms with Gasteiger partial charge in [0.2, 0.25) is 0 Å². The molecule has 1 heterocycles. The summed E-state index contributed by atoms with van der Waals surface area (Å²) in [5, 5.41) is 14.8. The third-order valence-corrected chi connectivity index (χ3v) is 5.18. The lowest BCUT2D eigenvalue weighted by molar-refractivity contribution is -0.385. The van der Waals surface area contributed by atoms with Crippen molar-refractivity contribution < 1.29 is 9.72 Å². The second kappa shape index (κ2) is 8.65. The maximum absolute atomic E-state index is 13.0. The number of benzene rings is 3. The van der Waals surface area contributed by atoms with Crippen LogP contribution in [-0.4, -0.2) is 41.9 Å². The third kappa shape index (κ3) is 4.25. The van der Waals surface area contributed by atoms with E-state index in [1.165, 1.54) is 12.1 Å². The molecule has 7 heteroatoms. The molecule has 30 heavy (non-hydrogen) atoms. The number of rotatable bonds is 5. The number of carbonyl (C=O) groups is 1. The number of para-hydroxylation sites is 2. The maximum atomic E-state index is 13.0. The van der Waals surface area contributed by atoms with Crippen LogP contribution in [0.5, 0.6) is 0 Å². The zero-order chi connectivity index (χ0) is 20.9. The minimum Gasteiger partial charge on any atom is -0.368 e. The summed E-state index contributed by atoms with van der Waals surface area (Å²) in [6, 6.07) is 24.1. The Kier molecular flexibility index (Phi) is 5.61. The average molecular weight is 402 g/mol. The molecule has 1 saturated heterocycles. The van der Waals surface area contributed by atoms with Crippen LogP contribution in [0.2, 0.25) is 0 Å². The minimum atomic E-state index is -0.496. The highest BCUT2D eigenvalue weighted by atomic mass is 16.6. The van der Waals surface area contributed by atoms with Crippen LogP contribution < -0.4 is 10.2 Å². The molecular weight excluding hydrogens is 380 g/mol. The Labute approximate surface area is 174 Å². The Bertz CT molecular complexity index is 1030. The van der Waals surface area contributed by atoms with Crippen molar-refractivity contribution >= 4 is 28.7 Å². The van der Waals surface area contributed by atoms with Gasteiger partial charge in [-0.05, 0) is 36.4 Å². The van der Waals surface area contributed by atoms with Crippen LogP contribution in [0.25, 0.3) is 0 Å². The number of anilines is 3. The van der Waals surface area contributed by atoms with Crippen molar-refractivity contribution in [2.45, 2.75) is 0 Å². The molecule has 3 aromatic rings. The van der Waals surface area contributed by atoms with E-state index < -0.39 is 4.92 Å². The van der Waals surface area contributed by atoms with Gasteiger partial charge in [-0.1, -0.05) is 36.4 Å². The first-order valence-corrected chi connectivity index (χ1v) is 9.81. The van der Waals surface area contributed by atoms with Gasteiger partial charge in [-0.3, -0.25) is 14.9 Å². The van der Waals surface area contributed by atoms with Crippen LogP contribution >= 0.6 is 0 Å². The Hall–Kier alpha value is -3.87. The zero-order valence-corrected chi connectivity index (χ0v) is 16.4. The second-order valence-electron chi connectivity index (χ2n) is 7.09. The summed E-state index contributed by atoms with van der Waals surface area (Å²) >= 11 is 0. The van der Waals surface area contributed by atoms with Gasteiger partial charge in [-0.25, -0.2) is 0 Å². The second-order valence-corrected chi connectivity index (χ2v) is 7.09. The van der Waals surface area contributed by atoms with Crippen LogP contribution in [0.1, 0.15) is 10.4 Å².